The van der Waals surface area contributed by atoms with Crippen LogP contribution in [-0.2, 0) is 14.8 Å². The number of sulfonamides is 1. The smallest absolute Gasteiger partial charge is 0.243 e. The lowest BCUT2D eigenvalue weighted by Crippen LogP contribution is -2.38. The van der Waals surface area contributed by atoms with Crippen molar-refractivity contribution in [2.75, 3.05) is 20.3 Å². The Balaban J connectivity index is 1.86. The monoisotopic (exact) mass is 331 g/mol. The fourth-order valence-electron chi connectivity index (χ4n) is 3.07. The van der Waals surface area contributed by atoms with Crippen molar-refractivity contribution in [3.8, 4) is 11.1 Å². The quantitative estimate of drug-likeness (QED) is 0.845. The highest BCUT2D eigenvalue weighted by atomic mass is 32.2. The molecule has 0 amide bonds. The van der Waals surface area contributed by atoms with Gasteiger partial charge < -0.3 is 4.74 Å². The van der Waals surface area contributed by atoms with Crippen molar-refractivity contribution in [1.29, 1.82) is 0 Å². The van der Waals surface area contributed by atoms with E-state index in [1.807, 2.05) is 42.5 Å². The van der Waals surface area contributed by atoms with Crippen LogP contribution >= 0.6 is 0 Å². The molecule has 1 fully saturated rings. The van der Waals surface area contributed by atoms with Gasteiger partial charge in [-0.05, 0) is 36.1 Å². The lowest BCUT2D eigenvalue weighted by atomic mass is 10.1. The lowest BCUT2D eigenvalue weighted by molar-refractivity contribution is 0.149. The van der Waals surface area contributed by atoms with E-state index in [9.17, 15) is 8.42 Å². The van der Waals surface area contributed by atoms with E-state index in [0.29, 0.717) is 18.0 Å². The number of hydrogen-bond donors (Lipinski definition) is 0. The van der Waals surface area contributed by atoms with Gasteiger partial charge in [-0.1, -0.05) is 42.5 Å². The summed E-state index contributed by atoms with van der Waals surface area (Å²) in [4.78, 5) is 0.347. The SMILES string of the molecule is COC[C@@H]1CCCN1S(=O)(=O)c1ccc(-c2ccccc2)cc1. The number of hydrogen-bond acceptors (Lipinski definition) is 3. The van der Waals surface area contributed by atoms with Crippen molar-refractivity contribution < 1.29 is 13.2 Å². The molecule has 1 aliphatic rings. The number of nitrogens with zero attached hydrogens (tertiary/aromatic N) is 1. The summed E-state index contributed by atoms with van der Waals surface area (Å²) in [5.74, 6) is 0. The Kier molecular flexibility index (Phi) is 4.80. The summed E-state index contributed by atoms with van der Waals surface area (Å²) in [6.45, 7) is 1.01. The maximum absolute atomic E-state index is 12.8. The molecule has 1 heterocycles. The Labute approximate surface area is 137 Å². The summed E-state index contributed by atoms with van der Waals surface area (Å²) < 4.78 is 32.4. The van der Waals surface area contributed by atoms with Crippen molar-refractivity contribution >= 4 is 10.0 Å². The molecular weight excluding hydrogens is 310 g/mol. The van der Waals surface area contributed by atoms with Crippen LogP contribution in [-0.4, -0.2) is 39.0 Å². The standard InChI is InChI=1S/C18H21NO3S/c1-22-14-17-8-5-13-19(17)23(20,21)18-11-9-16(10-12-18)15-6-3-2-4-7-15/h2-4,6-7,9-12,17H,5,8,13-14H2,1H3/t17-/m0/s1. The fourth-order valence-corrected chi connectivity index (χ4v) is 4.75. The molecule has 0 bridgehead atoms. The number of rotatable bonds is 5. The molecule has 5 heteroatoms. The molecule has 0 radical (unpaired) electrons. The zero-order chi connectivity index (χ0) is 16.3. The predicted molar refractivity (Wildman–Crippen MR) is 90.7 cm³/mol. The van der Waals surface area contributed by atoms with Crippen LogP contribution in [0.1, 0.15) is 12.8 Å². The van der Waals surface area contributed by atoms with Crippen LogP contribution in [0.2, 0.25) is 0 Å². The normalized spacial score (nSPS) is 19.1. The summed E-state index contributed by atoms with van der Waals surface area (Å²) in [5.41, 5.74) is 2.09. The van der Waals surface area contributed by atoms with Gasteiger partial charge in [0.15, 0.2) is 0 Å². The first-order valence-corrected chi connectivity index (χ1v) is 9.23. The molecule has 0 aliphatic carbocycles. The second-order valence-corrected chi connectivity index (χ2v) is 7.65. The Bertz CT molecular complexity index is 742. The molecule has 0 saturated carbocycles. The summed E-state index contributed by atoms with van der Waals surface area (Å²) in [6.07, 6.45) is 1.74. The van der Waals surface area contributed by atoms with E-state index in [1.165, 1.54) is 0 Å². The highest BCUT2D eigenvalue weighted by Crippen LogP contribution is 2.28. The molecule has 0 N–H and O–H groups in total. The van der Waals surface area contributed by atoms with Crippen molar-refractivity contribution in [2.24, 2.45) is 0 Å². The van der Waals surface area contributed by atoms with Gasteiger partial charge in [0.05, 0.1) is 11.5 Å². The molecule has 2 aromatic carbocycles. The fraction of sp³-hybridized carbons (Fsp3) is 0.333. The number of benzene rings is 2. The van der Waals surface area contributed by atoms with Gasteiger partial charge in [-0.25, -0.2) is 8.42 Å². The summed E-state index contributed by atoms with van der Waals surface area (Å²) in [7, 11) is -1.85. The van der Waals surface area contributed by atoms with E-state index in [0.717, 1.165) is 24.0 Å². The third-order valence-corrected chi connectivity index (χ3v) is 6.22. The number of ether oxygens (including phenoxy) is 1. The second kappa shape index (κ2) is 6.83. The molecule has 3 rings (SSSR count). The van der Waals surface area contributed by atoms with E-state index in [-0.39, 0.29) is 6.04 Å². The van der Waals surface area contributed by atoms with E-state index in [1.54, 1.807) is 23.5 Å². The van der Waals surface area contributed by atoms with Gasteiger partial charge in [-0.2, -0.15) is 4.31 Å². The molecule has 122 valence electrons. The first-order chi connectivity index (χ1) is 11.1. The predicted octanol–water partition coefficient (Wildman–Crippen LogP) is 3.15. The van der Waals surface area contributed by atoms with Gasteiger partial charge in [0.2, 0.25) is 10.0 Å². The van der Waals surface area contributed by atoms with Crippen LogP contribution in [0, 0.1) is 0 Å². The van der Waals surface area contributed by atoms with Gasteiger partial charge in [0.25, 0.3) is 0 Å². The first-order valence-electron chi connectivity index (χ1n) is 7.79. The Morgan fingerprint density at radius 3 is 2.35 bits per heavy atom. The Morgan fingerprint density at radius 1 is 1.04 bits per heavy atom. The van der Waals surface area contributed by atoms with Crippen molar-refractivity contribution in [1.82, 2.24) is 4.31 Å². The topological polar surface area (TPSA) is 46.6 Å². The molecule has 1 atom stereocenters. The summed E-state index contributed by atoms with van der Waals surface area (Å²) >= 11 is 0. The van der Waals surface area contributed by atoms with Crippen LogP contribution in [0.15, 0.2) is 59.5 Å². The van der Waals surface area contributed by atoms with Gasteiger partial charge in [-0.15, -0.1) is 0 Å². The maximum Gasteiger partial charge on any atom is 0.243 e. The lowest BCUT2D eigenvalue weighted by Gasteiger charge is -2.23. The average Bonchev–Trinajstić information content (AvgIpc) is 3.05. The highest BCUT2D eigenvalue weighted by molar-refractivity contribution is 7.89. The summed E-state index contributed by atoms with van der Waals surface area (Å²) in [5, 5.41) is 0. The minimum absolute atomic E-state index is 0.0567. The average molecular weight is 331 g/mol. The maximum atomic E-state index is 12.8. The van der Waals surface area contributed by atoms with Crippen LogP contribution in [0.5, 0.6) is 0 Å². The Hall–Kier alpha value is -1.69. The molecule has 1 saturated heterocycles. The van der Waals surface area contributed by atoms with Crippen LogP contribution in [0.25, 0.3) is 11.1 Å². The van der Waals surface area contributed by atoms with Crippen molar-refractivity contribution in [3.63, 3.8) is 0 Å². The van der Waals surface area contributed by atoms with Gasteiger partial charge in [0, 0.05) is 19.7 Å². The molecule has 23 heavy (non-hydrogen) atoms. The molecule has 1 aliphatic heterocycles. The zero-order valence-electron chi connectivity index (χ0n) is 13.2. The van der Waals surface area contributed by atoms with Crippen LogP contribution < -0.4 is 0 Å². The first kappa shape index (κ1) is 16.2. The Morgan fingerprint density at radius 2 is 1.70 bits per heavy atom. The third kappa shape index (κ3) is 3.32. The van der Waals surface area contributed by atoms with E-state index >= 15 is 0 Å². The van der Waals surface area contributed by atoms with Gasteiger partial charge in [0.1, 0.15) is 0 Å². The van der Waals surface area contributed by atoms with Gasteiger partial charge >= 0.3 is 0 Å². The van der Waals surface area contributed by atoms with Gasteiger partial charge in [-0.3, -0.25) is 0 Å². The highest BCUT2D eigenvalue weighted by Gasteiger charge is 2.35. The van der Waals surface area contributed by atoms with Crippen LogP contribution in [0.3, 0.4) is 0 Å². The second-order valence-electron chi connectivity index (χ2n) is 5.76. The minimum Gasteiger partial charge on any atom is -0.383 e. The summed E-state index contributed by atoms with van der Waals surface area (Å²) in [6, 6.07) is 17.0. The van der Waals surface area contributed by atoms with E-state index in [4.69, 9.17) is 4.74 Å². The molecule has 0 unspecified atom stereocenters. The molecule has 0 spiro atoms. The van der Waals surface area contributed by atoms with Crippen LogP contribution in [0.4, 0.5) is 0 Å². The number of methoxy groups -OCH3 is 1. The molecule has 2 aromatic rings. The minimum atomic E-state index is -3.46. The zero-order valence-corrected chi connectivity index (χ0v) is 14.0. The van der Waals surface area contributed by atoms with Crippen molar-refractivity contribution in [3.05, 3.63) is 54.6 Å². The van der Waals surface area contributed by atoms with E-state index < -0.39 is 10.0 Å². The molecule has 4 nitrogen and oxygen atoms in total. The molecule has 0 aromatic heterocycles. The largest absolute Gasteiger partial charge is 0.383 e. The third-order valence-electron chi connectivity index (χ3n) is 4.25. The van der Waals surface area contributed by atoms with Crippen molar-refractivity contribution in [2.45, 2.75) is 23.8 Å². The molecular formula is C18H21NO3S. The van der Waals surface area contributed by atoms with E-state index in [2.05, 4.69) is 0 Å².